The highest BCUT2D eigenvalue weighted by atomic mass is 32.2. The lowest BCUT2D eigenvalue weighted by Crippen LogP contribution is -2.43. The highest BCUT2D eigenvalue weighted by Crippen LogP contribution is 2.31. The van der Waals surface area contributed by atoms with Gasteiger partial charge in [0.2, 0.25) is 10.0 Å². The third-order valence-corrected chi connectivity index (χ3v) is 5.75. The molecule has 6 nitrogen and oxygen atoms in total. The summed E-state index contributed by atoms with van der Waals surface area (Å²) in [6.45, 7) is 1.06. The zero-order valence-corrected chi connectivity index (χ0v) is 13.4. The molecule has 1 aliphatic heterocycles. The van der Waals surface area contributed by atoms with Gasteiger partial charge in [-0.15, -0.1) is 0 Å². The van der Waals surface area contributed by atoms with Crippen LogP contribution in [0.25, 0.3) is 0 Å². The summed E-state index contributed by atoms with van der Waals surface area (Å²) in [6.07, 6.45) is 1.64. The van der Waals surface area contributed by atoms with Crippen molar-refractivity contribution >= 4 is 10.0 Å². The lowest BCUT2D eigenvalue weighted by Gasteiger charge is -2.31. The summed E-state index contributed by atoms with van der Waals surface area (Å²) in [5, 5.41) is 3.19. The molecule has 0 bridgehead atoms. The average molecular weight is 314 g/mol. The molecule has 0 saturated carbocycles. The first-order valence-electron chi connectivity index (χ1n) is 6.92. The van der Waals surface area contributed by atoms with Crippen LogP contribution in [0.4, 0.5) is 0 Å². The summed E-state index contributed by atoms with van der Waals surface area (Å²) in [6, 6.07) is 5.08. The number of ether oxygens (including phenoxy) is 2. The molecule has 1 saturated heterocycles. The van der Waals surface area contributed by atoms with E-state index in [1.165, 1.54) is 24.6 Å². The van der Waals surface area contributed by atoms with Crippen LogP contribution in [0.2, 0.25) is 0 Å². The Morgan fingerprint density at radius 1 is 1.14 bits per heavy atom. The van der Waals surface area contributed by atoms with Crippen molar-refractivity contribution in [2.45, 2.75) is 23.8 Å². The predicted molar refractivity (Wildman–Crippen MR) is 80.4 cm³/mol. The largest absolute Gasteiger partial charge is 0.493 e. The van der Waals surface area contributed by atoms with Crippen LogP contribution in [0.3, 0.4) is 0 Å². The van der Waals surface area contributed by atoms with Gasteiger partial charge in [-0.1, -0.05) is 0 Å². The Bertz CT molecular complexity index is 581. The lowest BCUT2D eigenvalue weighted by atomic mass is 10.1. The first-order chi connectivity index (χ1) is 10.0. The summed E-state index contributed by atoms with van der Waals surface area (Å²) in [5.41, 5.74) is 0. The van der Waals surface area contributed by atoms with Crippen LogP contribution in [-0.2, 0) is 10.0 Å². The van der Waals surface area contributed by atoms with Gasteiger partial charge >= 0.3 is 0 Å². The van der Waals surface area contributed by atoms with Crippen molar-refractivity contribution in [1.29, 1.82) is 0 Å². The van der Waals surface area contributed by atoms with E-state index in [2.05, 4.69) is 5.32 Å². The molecule has 21 heavy (non-hydrogen) atoms. The Hall–Kier alpha value is -1.31. The normalized spacial score (nSPS) is 17.7. The zero-order valence-electron chi connectivity index (χ0n) is 12.6. The highest BCUT2D eigenvalue weighted by molar-refractivity contribution is 7.89. The second-order valence-electron chi connectivity index (χ2n) is 4.98. The van der Waals surface area contributed by atoms with Crippen molar-refractivity contribution in [1.82, 2.24) is 9.62 Å². The first-order valence-corrected chi connectivity index (χ1v) is 8.36. The smallest absolute Gasteiger partial charge is 0.243 e. The number of nitrogens with zero attached hydrogens (tertiary/aromatic N) is 1. The Labute approximate surface area is 126 Å². The van der Waals surface area contributed by atoms with E-state index in [1.807, 2.05) is 7.05 Å². The fourth-order valence-corrected chi connectivity index (χ4v) is 4.00. The second kappa shape index (κ2) is 6.64. The van der Waals surface area contributed by atoms with E-state index in [0.29, 0.717) is 30.6 Å². The third-order valence-electron chi connectivity index (χ3n) is 3.85. The molecule has 0 unspecified atom stereocenters. The SMILES string of the molecule is CNC1CCN(S(=O)(=O)c2ccc(OC)c(OC)c2)CC1. The van der Waals surface area contributed by atoms with Gasteiger partial charge in [0.25, 0.3) is 0 Å². The molecule has 1 N–H and O–H groups in total. The van der Waals surface area contributed by atoms with Crippen molar-refractivity contribution in [2.75, 3.05) is 34.4 Å². The van der Waals surface area contributed by atoms with Crippen molar-refractivity contribution in [3.8, 4) is 11.5 Å². The van der Waals surface area contributed by atoms with E-state index in [0.717, 1.165) is 12.8 Å². The molecule has 0 aromatic heterocycles. The van der Waals surface area contributed by atoms with Crippen molar-refractivity contribution in [3.05, 3.63) is 18.2 Å². The minimum atomic E-state index is -3.48. The average Bonchev–Trinajstić information content (AvgIpc) is 2.54. The maximum atomic E-state index is 12.7. The fourth-order valence-electron chi connectivity index (χ4n) is 2.51. The molecular formula is C14H22N2O4S. The molecule has 0 spiro atoms. The number of methoxy groups -OCH3 is 2. The molecule has 1 aromatic carbocycles. The van der Waals surface area contributed by atoms with Crippen LogP contribution in [0.15, 0.2) is 23.1 Å². The number of piperidine rings is 1. The van der Waals surface area contributed by atoms with E-state index in [-0.39, 0.29) is 4.90 Å². The van der Waals surface area contributed by atoms with Crippen molar-refractivity contribution < 1.29 is 17.9 Å². The molecule has 0 radical (unpaired) electrons. The number of sulfonamides is 1. The van der Waals surface area contributed by atoms with Crippen molar-refractivity contribution in [3.63, 3.8) is 0 Å². The number of nitrogens with one attached hydrogen (secondary N) is 1. The minimum absolute atomic E-state index is 0.239. The highest BCUT2D eigenvalue weighted by Gasteiger charge is 2.29. The number of hydrogen-bond donors (Lipinski definition) is 1. The third kappa shape index (κ3) is 3.30. The Morgan fingerprint density at radius 3 is 2.29 bits per heavy atom. The molecule has 0 amide bonds. The minimum Gasteiger partial charge on any atom is -0.493 e. The van der Waals surface area contributed by atoms with Crippen LogP contribution in [-0.4, -0.2) is 53.1 Å². The number of rotatable bonds is 5. The van der Waals surface area contributed by atoms with Gasteiger partial charge < -0.3 is 14.8 Å². The van der Waals surface area contributed by atoms with Gasteiger partial charge in [0.05, 0.1) is 19.1 Å². The molecule has 7 heteroatoms. The maximum absolute atomic E-state index is 12.7. The summed E-state index contributed by atoms with van der Waals surface area (Å²) in [5.74, 6) is 0.939. The van der Waals surface area contributed by atoms with Crippen LogP contribution in [0.5, 0.6) is 11.5 Å². The Kier molecular flexibility index (Phi) is 5.08. The maximum Gasteiger partial charge on any atom is 0.243 e. The molecule has 2 rings (SSSR count). The molecule has 118 valence electrons. The fraction of sp³-hybridized carbons (Fsp3) is 0.571. The van der Waals surface area contributed by atoms with E-state index in [4.69, 9.17) is 9.47 Å². The summed E-state index contributed by atoms with van der Waals surface area (Å²) in [4.78, 5) is 0.239. The molecule has 0 aliphatic carbocycles. The molecule has 0 atom stereocenters. The van der Waals surface area contributed by atoms with Gasteiger partial charge in [-0.3, -0.25) is 0 Å². The molecular weight excluding hydrogens is 292 g/mol. The Balaban J connectivity index is 2.24. The lowest BCUT2D eigenvalue weighted by molar-refractivity contribution is 0.298. The molecule has 1 aromatic rings. The first kappa shape index (κ1) is 16.1. The summed E-state index contributed by atoms with van der Waals surface area (Å²) >= 11 is 0. The van der Waals surface area contributed by atoms with E-state index >= 15 is 0 Å². The predicted octanol–water partition coefficient (Wildman–Crippen LogP) is 1.08. The topological polar surface area (TPSA) is 67.9 Å². The van der Waals surface area contributed by atoms with Crippen LogP contribution >= 0.6 is 0 Å². The van der Waals surface area contributed by atoms with Crippen LogP contribution < -0.4 is 14.8 Å². The van der Waals surface area contributed by atoms with E-state index in [1.54, 1.807) is 12.1 Å². The molecule has 1 fully saturated rings. The van der Waals surface area contributed by atoms with Gasteiger partial charge in [0.15, 0.2) is 11.5 Å². The molecule has 1 aliphatic rings. The monoisotopic (exact) mass is 314 g/mol. The standard InChI is InChI=1S/C14H22N2O4S/c1-15-11-6-8-16(9-7-11)21(17,18)12-4-5-13(19-2)14(10-12)20-3/h4-5,10-11,15H,6-9H2,1-3H3. The second-order valence-corrected chi connectivity index (χ2v) is 6.92. The van der Waals surface area contributed by atoms with E-state index < -0.39 is 10.0 Å². The van der Waals surface area contributed by atoms with Gasteiger partial charge in [0, 0.05) is 25.2 Å². The van der Waals surface area contributed by atoms with Gasteiger partial charge in [-0.25, -0.2) is 8.42 Å². The van der Waals surface area contributed by atoms with Gasteiger partial charge in [-0.2, -0.15) is 4.31 Å². The van der Waals surface area contributed by atoms with Crippen LogP contribution in [0, 0.1) is 0 Å². The van der Waals surface area contributed by atoms with Crippen molar-refractivity contribution in [2.24, 2.45) is 0 Å². The van der Waals surface area contributed by atoms with Gasteiger partial charge in [-0.05, 0) is 32.0 Å². The zero-order chi connectivity index (χ0) is 15.5. The quantitative estimate of drug-likeness (QED) is 0.881. The summed E-state index contributed by atoms with van der Waals surface area (Å²) < 4.78 is 37.2. The molecule has 1 heterocycles. The number of benzene rings is 1. The Morgan fingerprint density at radius 2 is 1.76 bits per heavy atom. The van der Waals surface area contributed by atoms with Crippen LogP contribution in [0.1, 0.15) is 12.8 Å². The van der Waals surface area contributed by atoms with Gasteiger partial charge in [0.1, 0.15) is 0 Å². The number of hydrogen-bond acceptors (Lipinski definition) is 5. The van der Waals surface area contributed by atoms with E-state index in [9.17, 15) is 8.42 Å². The summed E-state index contributed by atoms with van der Waals surface area (Å²) in [7, 11) is 1.44.